The third-order valence-electron chi connectivity index (χ3n) is 5.10. The Morgan fingerprint density at radius 2 is 1.33 bits per heavy atom. The Morgan fingerprint density at radius 1 is 0.767 bits per heavy atom. The van der Waals surface area contributed by atoms with E-state index in [1.807, 2.05) is 60.7 Å². The van der Waals surface area contributed by atoms with Crippen molar-refractivity contribution in [3.63, 3.8) is 0 Å². The second kappa shape index (κ2) is 9.37. The normalized spacial score (nSPS) is 14.7. The van der Waals surface area contributed by atoms with E-state index >= 15 is 0 Å². The van der Waals surface area contributed by atoms with Crippen molar-refractivity contribution in [1.29, 1.82) is 0 Å². The minimum atomic E-state index is -0.981. The lowest BCUT2D eigenvalue weighted by atomic mass is 10.0. The Balaban J connectivity index is 1.53. The van der Waals surface area contributed by atoms with Crippen LogP contribution in [-0.2, 0) is 14.3 Å². The molecule has 3 aromatic rings. The Bertz CT molecular complexity index is 981. The van der Waals surface area contributed by atoms with Crippen LogP contribution in [-0.4, -0.2) is 43.1 Å². The fourth-order valence-corrected chi connectivity index (χ4v) is 3.44. The molecule has 4 rings (SSSR count). The highest BCUT2D eigenvalue weighted by molar-refractivity contribution is 5.93. The first-order chi connectivity index (χ1) is 14.7. The molecule has 0 bridgehead atoms. The van der Waals surface area contributed by atoms with Gasteiger partial charge in [-0.1, -0.05) is 72.8 Å². The van der Waals surface area contributed by atoms with E-state index in [0.29, 0.717) is 37.4 Å². The molecule has 0 radical (unpaired) electrons. The molecule has 0 unspecified atom stereocenters. The van der Waals surface area contributed by atoms with Crippen molar-refractivity contribution in [3.05, 3.63) is 96.1 Å². The van der Waals surface area contributed by atoms with Gasteiger partial charge in [-0.2, -0.15) is 0 Å². The monoisotopic (exact) mass is 401 g/mol. The summed E-state index contributed by atoms with van der Waals surface area (Å²) in [5, 5.41) is 0. The van der Waals surface area contributed by atoms with E-state index in [1.54, 1.807) is 29.2 Å². The maximum absolute atomic E-state index is 13.1. The first-order valence-corrected chi connectivity index (χ1v) is 10.0. The lowest BCUT2D eigenvalue weighted by Crippen LogP contribution is -2.44. The minimum absolute atomic E-state index is 0.223. The van der Waals surface area contributed by atoms with Crippen molar-refractivity contribution in [2.75, 3.05) is 26.3 Å². The fourth-order valence-electron chi connectivity index (χ4n) is 3.44. The number of benzene rings is 3. The average molecular weight is 401 g/mol. The first kappa shape index (κ1) is 19.9. The Hall–Kier alpha value is -3.44. The second-order valence-electron chi connectivity index (χ2n) is 7.08. The lowest BCUT2D eigenvalue weighted by molar-refractivity contribution is -0.145. The predicted molar refractivity (Wildman–Crippen MR) is 114 cm³/mol. The lowest BCUT2D eigenvalue weighted by Gasteiger charge is -2.30. The minimum Gasteiger partial charge on any atom is -0.444 e. The van der Waals surface area contributed by atoms with Gasteiger partial charge in [0, 0.05) is 18.7 Å². The van der Waals surface area contributed by atoms with Gasteiger partial charge in [0.05, 0.1) is 18.8 Å². The van der Waals surface area contributed by atoms with Gasteiger partial charge >= 0.3 is 5.97 Å². The molecule has 1 heterocycles. The van der Waals surface area contributed by atoms with Crippen molar-refractivity contribution in [2.45, 2.75) is 6.10 Å². The zero-order valence-electron chi connectivity index (χ0n) is 16.6. The van der Waals surface area contributed by atoms with E-state index in [9.17, 15) is 9.59 Å². The summed E-state index contributed by atoms with van der Waals surface area (Å²) < 4.78 is 11.0. The van der Waals surface area contributed by atoms with Gasteiger partial charge in [0.1, 0.15) is 0 Å². The highest BCUT2D eigenvalue weighted by atomic mass is 16.5. The molecule has 0 aliphatic carbocycles. The average Bonchev–Trinajstić information content (AvgIpc) is 2.84. The third kappa shape index (κ3) is 4.58. The van der Waals surface area contributed by atoms with Gasteiger partial charge in [0.25, 0.3) is 5.91 Å². The summed E-state index contributed by atoms with van der Waals surface area (Å²) in [7, 11) is 0. The maximum Gasteiger partial charge on any atom is 0.339 e. The van der Waals surface area contributed by atoms with Crippen LogP contribution in [0.4, 0.5) is 0 Å². The number of hydrogen-bond acceptors (Lipinski definition) is 4. The Labute approximate surface area is 175 Å². The summed E-state index contributed by atoms with van der Waals surface area (Å²) in [5.74, 6) is -0.746. The molecule has 0 spiro atoms. The van der Waals surface area contributed by atoms with E-state index in [4.69, 9.17) is 9.47 Å². The molecule has 5 nitrogen and oxygen atoms in total. The van der Waals surface area contributed by atoms with Crippen molar-refractivity contribution >= 4 is 11.9 Å². The molecule has 1 atom stereocenters. The predicted octanol–water partition coefficient (Wildman–Crippen LogP) is 4.11. The Kier molecular flexibility index (Phi) is 6.20. The number of amides is 1. The van der Waals surface area contributed by atoms with E-state index in [2.05, 4.69) is 0 Å². The molecular formula is C25H23NO4. The number of nitrogens with zero attached hydrogens (tertiary/aromatic N) is 1. The molecule has 0 aromatic heterocycles. The zero-order valence-corrected chi connectivity index (χ0v) is 16.6. The van der Waals surface area contributed by atoms with Gasteiger partial charge in [-0.05, 0) is 23.3 Å². The van der Waals surface area contributed by atoms with Crippen LogP contribution in [0.3, 0.4) is 0 Å². The number of hydrogen-bond donors (Lipinski definition) is 0. The van der Waals surface area contributed by atoms with E-state index < -0.39 is 12.1 Å². The van der Waals surface area contributed by atoms with Crippen LogP contribution >= 0.6 is 0 Å². The van der Waals surface area contributed by atoms with E-state index in [1.165, 1.54) is 0 Å². The number of carbonyl (C=O) groups is 2. The van der Waals surface area contributed by atoms with Gasteiger partial charge in [-0.15, -0.1) is 0 Å². The van der Waals surface area contributed by atoms with Crippen LogP contribution in [0.25, 0.3) is 11.1 Å². The number of carbonyl (C=O) groups excluding carboxylic acids is 2. The quantitative estimate of drug-likeness (QED) is 0.604. The molecule has 30 heavy (non-hydrogen) atoms. The first-order valence-electron chi connectivity index (χ1n) is 10.0. The van der Waals surface area contributed by atoms with E-state index in [0.717, 1.165) is 11.1 Å². The number of morpholine rings is 1. The molecule has 1 aliphatic heterocycles. The van der Waals surface area contributed by atoms with Crippen LogP contribution in [0.15, 0.2) is 84.9 Å². The summed E-state index contributed by atoms with van der Waals surface area (Å²) in [6.45, 7) is 1.96. The standard InChI is InChI=1S/C25H23NO4/c27-24(26-15-17-29-18-16-26)23(21-9-5-2-6-10-21)30-25(28)22-13-11-20(12-14-22)19-7-3-1-4-8-19/h1-14,23H,15-18H2/t23-/m1/s1. The van der Waals surface area contributed by atoms with Crippen LogP contribution < -0.4 is 0 Å². The molecule has 0 N–H and O–H groups in total. The number of rotatable bonds is 5. The topological polar surface area (TPSA) is 55.8 Å². The van der Waals surface area contributed by atoms with Crippen LogP contribution in [0.1, 0.15) is 22.0 Å². The fraction of sp³-hybridized carbons (Fsp3) is 0.200. The van der Waals surface area contributed by atoms with E-state index in [-0.39, 0.29) is 5.91 Å². The molecule has 152 valence electrons. The van der Waals surface area contributed by atoms with Crippen LogP contribution in [0.2, 0.25) is 0 Å². The van der Waals surface area contributed by atoms with Crippen LogP contribution in [0.5, 0.6) is 0 Å². The Morgan fingerprint density at radius 3 is 1.97 bits per heavy atom. The third-order valence-corrected chi connectivity index (χ3v) is 5.10. The SMILES string of the molecule is O=C(O[C@@H](C(=O)N1CCOCC1)c1ccccc1)c1ccc(-c2ccccc2)cc1. The van der Waals surface area contributed by atoms with Crippen molar-refractivity contribution in [3.8, 4) is 11.1 Å². The molecule has 0 saturated carbocycles. The highest BCUT2D eigenvalue weighted by Crippen LogP contribution is 2.24. The van der Waals surface area contributed by atoms with Gasteiger partial charge in [0.15, 0.2) is 0 Å². The van der Waals surface area contributed by atoms with Crippen molar-refractivity contribution < 1.29 is 19.1 Å². The number of esters is 1. The summed E-state index contributed by atoms with van der Waals surface area (Å²) in [5.41, 5.74) is 3.15. The number of ether oxygens (including phenoxy) is 2. The highest BCUT2D eigenvalue weighted by Gasteiger charge is 2.30. The van der Waals surface area contributed by atoms with Crippen molar-refractivity contribution in [1.82, 2.24) is 4.90 Å². The second-order valence-corrected chi connectivity index (χ2v) is 7.08. The van der Waals surface area contributed by atoms with Crippen molar-refractivity contribution in [2.24, 2.45) is 0 Å². The smallest absolute Gasteiger partial charge is 0.339 e. The van der Waals surface area contributed by atoms with Gasteiger partial charge in [-0.25, -0.2) is 4.79 Å². The maximum atomic E-state index is 13.1. The summed E-state index contributed by atoms with van der Waals surface area (Å²) in [6.07, 6.45) is -0.981. The summed E-state index contributed by atoms with van der Waals surface area (Å²) >= 11 is 0. The molecule has 3 aromatic carbocycles. The van der Waals surface area contributed by atoms with Gasteiger partial charge in [-0.3, -0.25) is 4.79 Å². The molecule has 1 aliphatic rings. The summed E-state index contributed by atoms with van der Waals surface area (Å²) in [6, 6.07) is 26.3. The summed E-state index contributed by atoms with van der Waals surface area (Å²) in [4.78, 5) is 27.6. The zero-order chi connectivity index (χ0) is 20.8. The molecule has 1 saturated heterocycles. The van der Waals surface area contributed by atoms with Gasteiger partial charge in [0.2, 0.25) is 6.10 Å². The molecule has 5 heteroatoms. The van der Waals surface area contributed by atoms with Crippen LogP contribution in [0, 0.1) is 0 Å². The largest absolute Gasteiger partial charge is 0.444 e. The molecule has 1 fully saturated rings. The van der Waals surface area contributed by atoms with Gasteiger partial charge < -0.3 is 14.4 Å². The molecular weight excluding hydrogens is 378 g/mol. The molecule has 1 amide bonds.